The molecule has 2 unspecified atom stereocenters. The molecule has 0 aromatic heterocycles. The van der Waals surface area contributed by atoms with Crippen molar-refractivity contribution >= 4 is 23.6 Å². The summed E-state index contributed by atoms with van der Waals surface area (Å²) >= 11 is 0. The number of rotatable bonds is 6. The van der Waals surface area contributed by atoms with E-state index in [-0.39, 0.29) is 41.4 Å². The van der Waals surface area contributed by atoms with Crippen molar-refractivity contribution < 1.29 is 19.2 Å². The van der Waals surface area contributed by atoms with E-state index in [1.54, 1.807) is 4.90 Å². The Labute approximate surface area is 177 Å². The predicted molar refractivity (Wildman–Crippen MR) is 111 cm³/mol. The van der Waals surface area contributed by atoms with Crippen molar-refractivity contribution in [3.63, 3.8) is 0 Å². The maximum atomic E-state index is 13.3. The van der Waals surface area contributed by atoms with Crippen LogP contribution in [0.5, 0.6) is 0 Å². The molecule has 6 atom stereocenters. The van der Waals surface area contributed by atoms with Gasteiger partial charge in [0, 0.05) is 19.0 Å². The number of nitrogens with two attached hydrogens (primary N) is 2. The van der Waals surface area contributed by atoms with E-state index < -0.39 is 35.4 Å². The van der Waals surface area contributed by atoms with Crippen LogP contribution in [0.1, 0.15) is 47.5 Å². The molecule has 3 aliphatic rings. The third-order valence-corrected chi connectivity index (χ3v) is 7.30. The minimum atomic E-state index is -0.958. The third-order valence-electron chi connectivity index (χ3n) is 7.30. The van der Waals surface area contributed by atoms with E-state index in [2.05, 4.69) is 24.5 Å². The molecule has 1 saturated carbocycles. The monoisotopic (exact) mass is 421 g/mol. The summed E-state index contributed by atoms with van der Waals surface area (Å²) in [5, 5.41) is 5.46. The molecular formula is C21H35N5O4. The van der Waals surface area contributed by atoms with Gasteiger partial charge >= 0.3 is 0 Å². The zero-order valence-electron chi connectivity index (χ0n) is 18.5. The Kier molecular flexibility index (Phi) is 5.64. The van der Waals surface area contributed by atoms with E-state index in [9.17, 15) is 19.2 Å². The van der Waals surface area contributed by atoms with Gasteiger partial charge in [0.1, 0.15) is 12.1 Å². The molecule has 4 amide bonds. The van der Waals surface area contributed by atoms with E-state index in [0.29, 0.717) is 19.5 Å². The Morgan fingerprint density at radius 1 is 1.30 bits per heavy atom. The second-order valence-corrected chi connectivity index (χ2v) is 10.7. The lowest BCUT2D eigenvalue weighted by Gasteiger charge is -2.36. The van der Waals surface area contributed by atoms with Gasteiger partial charge in [-0.05, 0) is 35.5 Å². The lowest BCUT2D eigenvalue weighted by atomic mass is 9.86. The summed E-state index contributed by atoms with van der Waals surface area (Å²) in [5.41, 5.74) is 11.2. The smallest absolute Gasteiger partial charge is 0.243 e. The highest BCUT2D eigenvalue weighted by atomic mass is 16.2. The molecule has 2 saturated heterocycles. The molecular weight excluding hydrogens is 386 g/mol. The van der Waals surface area contributed by atoms with E-state index in [0.717, 1.165) is 0 Å². The highest BCUT2D eigenvalue weighted by Crippen LogP contribution is 2.65. The van der Waals surface area contributed by atoms with Crippen molar-refractivity contribution in [2.75, 3.05) is 13.1 Å². The van der Waals surface area contributed by atoms with Crippen molar-refractivity contribution in [1.29, 1.82) is 0 Å². The van der Waals surface area contributed by atoms with E-state index in [1.807, 2.05) is 20.8 Å². The Balaban J connectivity index is 1.77. The van der Waals surface area contributed by atoms with Crippen LogP contribution in [-0.4, -0.2) is 59.7 Å². The van der Waals surface area contributed by atoms with Gasteiger partial charge in [0.15, 0.2) is 0 Å². The Bertz CT molecular complexity index is 759. The van der Waals surface area contributed by atoms with Gasteiger partial charge < -0.3 is 27.0 Å². The maximum absolute atomic E-state index is 13.3. The number of carbonyl (C=O) groups excluding carboxylic acids is 4. The molecule has 0 radical (unpaired) electrons. The van der Waals surface area contributed by atoms with Crippen molar-refractivity contribution in [3.05, 3.63) is 0 Å². The first kappa shape index (κ1) is 22.5. The first-order chi connectivity index (χ1) is 13.8. The van der Waals surface area contributed by atoms with Crippen LogP contribution in [0.15, 0.2) is 0 Å². The summed E-state index contributed by atoms with van der Waals surface area (Å²) in [6.07, 6.45) is 0.761. The standard InChI is InChI=1S/C21H35N5O4/c1-20(2,3)15(22)19(30)26-9-11-13(21(11,4)5)14(26)18(29)25-12(16(23)27)8-10-6-7-24-17(10)28/h10-15H,6-9,22H2,1-5H3,(H2,23,27)(H,24,28)(H,25,29)/t10-,11-,12?,13-,14-,15?/m0/s1. The zero-order chi connectivity index (χ0) is 22.6. The molecule has 168 valence electrons. The summed E-state index contributed by atoms with van der Waals surface area (Å²) in [4.78, 5) is 51.8. The largest absolute Gasteiger partial charge is 0.368 e. The Hall–Kier alpha value is -2.16. The normalized spacial score (nSPS) is 31.5. The second-order valence-electron chi connectivity index (χ2n) is 10.7. The van der Waals surface area contributed by atoms with Crippen LogP contribution >= 0.6 is 0 Å². The van der Waals surface area contributed by atoms with Crippen LogP contribution in [0.25, 0.3) is 0 Å². The van der Waals surface area contributed by atoms with Gasteiger partial charge in [-0.25, -0.2) is 0 Å². The van der Waals surface area contributed by atoms with E-state index in [4.69, 9.17) is 11.5 Å². The first-order valence-corrected chi connectivity index (χ1v) is 10.7. The van der Waals surface area contributed by atoms with Gasteiger partial charge in [0.2, 0.25) is 23.6 Å². The van der Waals surface area contributed by atoms with Gasteiger partial charge in [-0.3, -0.25) is 19.2 Å². The summed E-state index contributed by atoms with van der Waals surface area (Å²) in [5.74, 6) is -1.59. The van der Waals surface area contributed by atoms with E-state index in [1.165, 1.54) is 0 Å². The van der Waals surface area contributed by atoms with Gasteiger partial charge in [-0.2, -0.15) is 0 Å². The highest BCUT2D eigenvalue weighted by molar-refractivity contribution is 5.94. The fraction of sp³-hybridized carbons (Fsp3) is 0.810. The quantitative estimate of drug-likeness (QED) is 0.449. The molecule has 30 heavy (non-hydrogen) atoms. The van der Waals surface area contributed by atoms with Crippen LogP contribution in [-0.2, 0) is 19.2 Å². The number of carbonyl (C=O) groups is 4. The average molecular weight is 422 g/mol. The lowest BCUT2D eigenvalue weighted by molar-refractivity contribution is -0.143. The zero-order valence-corrected chi connectivity index (χ0v) is 18.5. The highest BCUT2D eigenvalue weighted by Gasteiger charge is 2.69. The number of nitrogens with one attached hydrogen (secondary N) is 2. The van der Waals surface area contributed by atoms with Gasteiger partial charge in [-0.15, -0.1) is 0 Å². The van der Waals surface area contributed by atoms with Crippen molar-refractivity contribution in [1.82, 2.24) is 15.5 Å². The van der Waals surface area contributed by atoms with Gasteiger partial charge in [0.05, 0.1) is 6.04 Å². The molecule has 9 nitrogen and oxygen atoms in total. The second kappa shape index (κ2) is 7.51. The molecule has 1 aliphatic carbocycles. The lowest BCUT2D eigenvalue weighted by Crippen LogP contribution is -2.59. The number of hydrogen-bond acceptors (Lipinski definition) is 5. The molecule has 9 heteroatoms. The summed E-state index contributed by atoms with van der Waals surface area (Å²) in [6.45, 7) is 10.9. The van der Waals surface area contributed by atoms with Crippen molar-refractivity contribution in [2.45, 2.75) is 65.6 Å². The SMILES string of the molecule is CC(C)(C)C(N)C(=O)N1C[C@H]2[C@@H]([C@H]1C(=O)NC(C[C@@H]1CCNC1=O)C(N)=O)C2(C)C. The summed E-state index contributed by atoms with van der Waals surface area (Å²) < 4.78 is 0. The van der Waals surface area contributed by atoms with Crippen molar-refractivity contribution in [3.8, 4) is 0 Å². The minimum absolute atomic E-state index is 0.0110. The topological polar surface area (TPSA) is 148 Å². The van der Waals surface area contributed by atoms with Gasteiger partial charge in [-0.1, -0.05) is 34.6 Å². The van der Waals surface area contributed by atoms with Crippen LogP contribution in [0, 0.1) is 28.6 Å². The first-order valence-electron chi connectivity index (χ1n) is 10.7. The minimum Gasteiger partial charge on any atom is -0.368 e. The molecule has 0 bridgehead atoms. The number of likely N-dealkylation sites (tertiary alicyclic amines) is 1. The fourth-order valence-electron chi connectivity index (χ4n) is 5.02. The number of fused-ring (bicyclic) bond motifs is 1. The molecule has 0 aromatic carbocycles. The molecule has 2 aliphatic heterocycles. The maximum Gasteiger partial charge on any atom is 0.243 e. The summed E-state index contributed by atoms with van der Waals surface area (Å²) in [6, 6.07) is -2.38. The Morgan fingerprint density at radius 3 is 2.43 bits per heavy atom. The molecule has 0 aromatic rings. The fourth-order valence-corrected chi connectivity index (χ4v) is 5.02. The van der Waals surface area contributed by atoms with Gasteiger partial charge in [0.25, 0.3) is 0 Å². The average Bonchev–Trinajstić information content (AvgIpc) is 3.01. The van der Waals surface area contributed by atoms with Crippen LogP contribution in [0.4, 0.5) is 0 Å². The molecule has 6 N–H and O–H groups in total. The van der Waals surface area contributed by atoms with Crippen molar-refractivity contribution in [2.24, 2.45) is 40.1 Å². The van der Waals surface area contributed by atoms with Crippen LogP contribution < -0.4 is 22.1 Å². The number of primary amides is 1. The number of amides is 4. The molecule has 0 spiro atoms. The molecule has 2 heterocycles. The number of piperidine rings is 1. The third kappa shape index (κ3) is 3.91. The van der Waals surface area contributed by atoms with Crippen LogP contribution in [0.3, 0.4) is 0 Å². The number of hydrogen-bond donors (Lipinski definition) is 4. The predicted octanol–water partition coefficient (Wildman–Crippen LogP) is -0.661. The van der Waals surface area contributed by atoms with E-state index >= 15 is 0 Å². The number of nitrogens with zero attached hydrogens (tertiary/aromatic N) is 1. The summed E-state index contributed by atoms with van der Waals surface area (Å²) in [7, 11) is 0. The molecule has 3 rings (SSSR count). The Morgan fingerprint density at radius 2 is 1.93 bits per heavy atom. The molecule has 3 fully saturated rings. The van der Waals surface area contributed by atoms with Crippen LogP contribution in [0.2, 0.25) is 0 Å².